The van der Waals surface area contributed by atoms with Crippen LogP contribution >= 0.6 is 0 Å². The molecule has 6 nitrogen and oxygen atoms in total. The molecule has 1 aromatic carbocycles. The molecule has 1 fully saturated rings. The molecule has 23 heavy (non-hydrogen) atoms. The average Bonchev–Trinajstić information content (AvgIpc) is 3.33. The van der Waals surface area contributed by atoms with Gasteiger partial charge in [0.25, 0.3) is 0 Å². The largest absolute Gasteiger partial charge is 0.396 e. The molecule has 2 amide bonds. The zero-order valence-electron chi connectivity index (χ0n) is 13.2. The normalized spacial score (nSPS) is 15.2. The fourth-order valence-electron chi connectivity index (χ4n) is 2.67. The van der Waals surface area contributed by atoms with E-state index in [1.54, 1.807) is 4.68 Å². The standard InChI is InChI=1S/C17H22N4O2/c1-12-11-21(14-5-3-2-4-6-14)20-16(12)19-17(23)18-15(9-10-22)13-7-8-13/h2-6,11,13,15,22H,7-10H2,1H3,(H2,18,19,20,23)/t15-/m0/s1. The fraction of sp³-hybridized carbons (Fsp3) is 0.412. The van der Waals surface area contributed by atoms with Crippen LogP contribution in [0.1, 0.15) is 24.8 Å². The van der Waals surface area contributed by atoms with Gasteiger partial charge in [0, 0.05) is 24.4 Å². The van der Waals surface area contributed by atoms with E-state index in [-0.39, 0.29) is 18.7 Å². The summed E-state index contributed by atoms with van der Waals surface area (Å²) in [6, 6.07) is 9.53. The van der Waals surface area contributed by atoms with Crippen molar-refractivity contribution in [1.29, 1.82) is 0 Å². The third kappa shape index (κ3) is 3.90. The van der Waals surface area contributed by atoms with E-state index in [1.165, 1.54) is 0 Å². The van der Waals surface area contributed by atoms with Crippen molar-refractivity contribution in [3.05, 3.63) is 42.1 Å². The molecule has 0 radical (unpaired) electrons. The minimum absolute atomic E-state index is 0.0384. The van der Waals surface area contributed by atoms with Crippen LogP contribution in [0.2, 0.25) is 0 Å². The molecule has 2 aromatic rings. The number of nitrogens with zero attached hydrogens (tertiary/aromatic N) is 2. The highest BCUT2D eigenvalue weighted by Crippen LogP contribution is 2.33. The van der Waals surface area contributed by atoms with Gasteiger partial charge in [0.05, 0.1) is 5.69 Å². The molecule has 3 N–H and O–H groups in total. The number of nitrogens with one attached hydrogen (secondary N) is 2. The van der Waals surface area contributed by atoms with Crippen molar-refractivity contribution >= 4 is 11.8 Å². The molecule has 1 heterocycles. The van der Waals surface area contributed by atoms with Gasteiger partial charge >= 0.3 is 6.03 Å². The smallest absolute Gasteiger partial charge is 0.320 e. The zero-order chi connectivity index (χ0) is 16.2. The van der Waals surface area contributed by atoms with E-state index in [1.807, 2.05) is 43.5 Å². The summed E-state index contributed by atoms with van der Waals surface area (Å²) >= 11 is 0. The number of rotatable bonds is 6. The van der Waals surface area contributed by atoms with Gasteiger partial charge in [0.1, 0.15) is 0 Å². The molecule has 1 atom stereocenters. The molecule has 6 heteroatoms. The molecule has 1 aliphatic carbocycles. The number of carbonyl (C=O) groups is 1. The first-order chi connectivity index (χ1) is 11.2. The number of hydrogen-bond acceptors (Lipinski definition) is 3. The Hall–Kier alpha value is -2.34. The zero-order valence-corrected chi connectivity index (χ0v) is 13.2. The number of aryl methyl sites for hydroxylation is 1. The van der Waals surface area contributed by atoms with E-state index < -0.39 is 0 Å². The van der Waals surface area contributed by atoms with Gasteiger partial charge in [-0.3, -0.25) is 5.32 Å². The summed E-state index contributed by atoms with van der Waals surface area (Å²) in [7, 11) is 0. The number of hydrogen-bond donors (Lipinski definition) is 3. The first-order valence-corrected chi connectivity index (χ1v) is 7.97. The number of urea groups is 1. The number of aliphatic hydroxyl groups excluding tert-OH is 1. The van der Waals surface area contributed by atoms with Gasteiger partial charge in [0.2, 0.25) is 0 Å². The minimum Gasteiger partial charge on any atom is -0.396 e. The third-order valence-electron chi connectivity index (χ3n) is 4.10. The van der Waals surface area contributed by atoms with Crippen molar-refractivity contribution in [1.82, 2.24) is 15.1 Å². The lowest BCUT2D eigenvalue weighted by molar-refractivity contribution is 0.234. The number of aromatic nitrogens is 2. The SMILES string of the molecule is Cc1cn(-c2ccccc2)nc1NC(=O)N[C@@H](CCO)C1CC1. The van der Waals surface area contributed by atoms with Crippen LogP contribution in [-0.4, -0.2) is 33.6 Å². The van der Waals surface area contributed by atoms with Crippen LogP contribution in [0.15, 0.2) is 36.5 Å². The highest BCUT2D eigenvalue weighted by atomic mass is 16.3. The number of anilines is 1. The Morgan fingerprint density at radius 1 is 1.39 bits per heavy atom. The maximum Gasteiger partial charge on any atom is 0.320 e. The van der Waals surface area contributed by atoms with Crippen LogP contribution in [0.4, 0.5) is 10.6 Å². The molecule has 1 saturated carbocycles. The number of aliphatic hydroxyl groups is 1. The maximum absolute atomic E-state index is 12.2. The van der Waals surface area contributed by atoms with Crippen molar-refractivity contribution in [2.75, 3.05) is 11.9 Å². The Bertz CT molecular complexity index is 664. The van der Waals surface area contributed by atoms with Crippen LogP contribution in [0, 0.1) is 12.8 Å². The van der Waals surface area contributed by atoms with Gasteiger partial charge in [-0.15, -0.1) is 5.10 Å². The molecule has 1 aliphatic rings. The number of carbonyl (C=O) groups excluding carboxylic acids is 1. The summed E-state index contributed by atoms with van der Waals surface area (Å²) in [5.74, 6) is 1.04. The molecule has 0 unspecified atom stereocenters. The molecular formula is C17H22N4O2. The second kappa shape index (κ2) is 6.83. The topological polar surface area (TPSA) is 79.2 Å². The Morgan fingerprint density at radius 3 is 2.78 bits per heavy atom. The van der Waals surface area contributed by atoms with E-state index in [0.717, 1.165) is 24.1 Å². The molecule has 0 saturated heterocycles. The summed E-state index contributed by atoms with van der Waals surface area (Å²) < 4.78 is 1.75. The highest BCUT2D eigenvalue weighted by Gasteiger charge is 2.31. The first kappa shape index (κ1) is 15.6. The van der Waals surface area contributed by atoms with E-state index in [0.29, 0.717) is 18.2 Å². The summed E-state index contributed by atoms with van der Waals surface area (Å²) in [6.45, 7) is 2.00. The van der Waals surface area contributed by atoms with E-state index >= 15 is 0 Å². The minimum atomic E-state index is -0.267. The van der Waals surface area contributed by atoms with Gasteiger partial charge in [-0.25, -0.2) is 9.48 Å². The lowest BCUT2D eigenvalue weighted by Crippen LogP contribution is -2.40. The first-order valence-electron chi connectivity index (χ1n) is 7.97. The van der Waals surface area contributed by atoms with Crippen molar-refractivity contribution in [3.63, 3.8) is 0 Å². The number of para-hydroxylation sites is 1. The summed E-state index contributed by atoms with van der Waals surface area (Å²) in [6.07, 6.45) is 4.71. The highest BCUT2D eigenvalue weighted by molar-refractivity contribution is 5.89. The van der Waals surface area contributed by atoms with E-state index in [2.05, 4.69) is 15.7 Å². The predicted octanol–water partition coefficient (Wildman–Crippen LogP) is 2.46. The lowest BCUT2D eigenvalue weighted by atomic mass is 10.1. The van der Waals surface area contributed by atoms with Crippen molar-refractivity contribution in [3.8, 4) is 5.69 Å². The molecule has 0 aliphatic heterocycles. The summed E-state index contributed by atoms with van der Waals surface area (Å²) in [4.78, 5) is 12.2. The van der Waals surface area contributed by atoms with Crippen molar-refractivity contribution < 1.29 is 9.90 Å². The van der Waals surface area contributed by atoms with Crippen molar-refractivity contribution in [2.24, 2.45) is 5.92 Å². The van der Waals surface area contributed by atoms with Crippen LogP contribution in [0.5, 0.6) is 0 Å². The number of benzene rings is 1. The van der Waals surface area contributed by atoms with Crippen LogP contribution in [0.25, 0.3) is 5.69 Å². The molecule has 1 aromatic heterocycles. The second-order valence-corrected chi connectivity index (χ2v) is 6.00. The average molecular weight is 314 g/mol. The Labute approximate surface area is 135 Å². The predicted molar refractivity (Wildman–Crippen MR) is 88.7 cm³/mol. The third-order valence-corrected chi connectivity index (χ3v) is 4.10. The lowest BCUT2D eigenvalue weighted by Gasteiger charge is -2.17. The molecule has 122 valence electrons. The Kier molecular flexibility index (Phi) is 4.62. The molecule has 0 bridgehead atoms. The van der Waals surface area contributed by atoms with E-state index in [9.17, 15) is 4.79 Å². The molecular weight excluding hydrogens is 292 g/mol. The molecule has 3 rings (SSSR count). The van der Waals surface area contributed by atoms with Gasteiger partial charge in [0.15, 0.2) is 5.82 Å². The fourth-order valence-corrected chi connectivity index (χ4v) is 2.67. The van der Waals surface area contributed by atoms with Crippen LogP contribution in [-0.2, 0) is 0 Å². The van der Waals surface area contributed by atoms with Gasteiger partial charge in [-0.05, 0) is 44.2 Å². The second-order valence-electron chi connectivity index (χ2n) is 6.00. The van der Waals surface area contributed by atoms with Gasteiger partial charge < -0.3 is 10.4 Å². The number of amides is 2. The summed E-state index contributed by atoms with van der Waals surface area (Å²) in [5.41, 5.74) is 1.84. The Morgan fingerprint density at radius 2 is 2.13 bits per heavy atom. The van der Waals surface area contributed by atoms with Crippen LogP contribution in [0.3, 0.4) is 0 Å². The monoisotopic (exact) mass is 314 g/mol. The quantitative estimate of drug-likeness (QED) is 0.766. The van der Waals surface area contributed by atoms with Gasteiger partial charge in [-0.1, -0.05) is 18.2 Å². The van der Waals surface area contributed by atoms with Crippen molar-refractivity contribution in [2.45, 2.75) is 32.2 Å². The Balaban J connectivity index is 1.65. The van der Waals surface area contributed by atoms with Gasteiger partial charge in [-0.2, -0.15) is 0 Å². The van der Waals surface area contributed by atoms with E-state index in [4.69, 9.17) is 5.11 Å². The maximum atomic E-state index is 12.2. The molecule has 0 spiro atoms. The van der Waals surface area contributed by atoms with Crippen LogP contribution < -0.4 is 10.6 Å². The summed E-state index contributed by atoms with van der Waals surface area (Å²) in [5, 5.41) is 19.3.